The van der Waals surface area contributed by atoms with Crippen molar-refractivity contribution in [2.75, 3.05) is 24.7 Å². The van der Waals surface area contributed by atoms with Crippen LogP contribution in [-0.4, -0.2) is 42.5 Å². The summed E-state index contributed by atoms with van der Waals surface area (Å²) < 4.78 is 11.0. The first-order valence-corrected chi connectivity index (χ1v) is 7.01. The zero-order chi connectivity index (χ0) is 14.9. The van der Waals surface area contributed by atoms with Gasteiger partial charge in [0, 0.05) is 25.3 Å². The standard InChI is InChI=1S/C15H17NO5/c17-13(18)11-3-1-4-12(9-11)16-7-6-15(21-14(16)19)5-2-8-20-10-15/h1,3-4,9H,2,5-8,10H2,(H,17,18). The summed E-state index contributed by atoms with van der Waals surface area (Å²) in [7, 11) is 0. The third-order valence-electron chi connectivity index (χ3n) is 4.01. The van der Waals surface area contributed by atoms with Crippen LogP contribution < -0.4 is 4.90 Å². The van der Waals surface area contributed by atoms with Gasteiger partial charge in [-0.25, -0.2) is 9.59 Å². The summed E-state index contributed by atoms with van der Waals surface area (Å²) in [5.41, 5.74) is 0.198. The number of hydrogen-bond donors (Lipinski definition) is 1. The highest BCUT2D eigenvalue weighted by atomic mass is 16.6. The molecule has 2 aliphatic heterocycles. The molecule has 112 valence electrons. The molecule has 0 bridgehead atoms. The van der Waals surface area contributed by atoms with Gasteiger partial charge >= 0.3 is 12.1 Å². The molecule has 1 N–H and O–H groups in total. The Hall–Kier alpha value is -2.08. The Bertz CT molecular complexity index is 565. The fourth-order valence-corrected chi connectivity index (χ4v) is 2.84. The average Bonchev–Trinajstić information content (AvgIpc) is 2.48. The van der Waals surface area contributed by atoms with Crippen molar-refractivity contribution in [3.8, 4) is 0 Å². The summed E-state index contributed by atoms with van der Waals surface area (Å²) in [6.45, 7) is 1.66. The predicted octanol–water partition coefficient (Wildman–Crippen LogP) is 2.28. The van der Waals surface area contributed by atoms with Gasteiger partial charge in [-0.15, -0.1) is 0 Å². The molecule has 2 saturated heterocycles. The predicted molar refractivity (Wildman–Crippen MR) is 74.6 cm³/mol. The maximum Gasteiger partial charge on any atom is 0.414 e. The van der Waals surface area contributed by atoms with E-state index >= 15 is 0 Å². The first kappa shape index (κ1) is 13.9. The second-order valence-corrected chi connectivity index (χ2v) is 5.46. The minimum atomic E-state index is -1.01. The van der Waals surface area contributed by atoms with Gasteiger partial charge in [0.25, 0.3) is 0 Å². The van der Waals surface area contributed by atoms with Crippen LogP contribution in [0.1, 0.15) is 29.6 Å². The summed E-state index contributed by atoms with van der Waals surface area (Å²) in [6, 6.07) is 6.32. The molecule has 2 aliphatic rings. The van der Waals surface area contributed by atoms with Gasteiger partial charge in [-0.1, -0.05) is 6.07 Å². The zero-order valence-electron chi connectivity index (χ0n) is 11.6. The topological polar surface area (TPSA) is 76.1 Å². The fourth-order valence-electron chi connectivity index (χ4n) is 2.84. The van der Waals surface area contributed by atoms with Crippen molar-refractivity contribution < 1.29 is 24.2 Å². The molecule has 6 heteroatoms. The molecule has 21 heavy (non-hydrogen) atoms. The number of anilines is 1. The van der Waals surface area contributed by atoms with Crippen LogP contribution in [0.25, 0.3) is 0 Å². The lowest BCUT2D eigenvalue weighted by Gasteiger charge is -2.42. The summed E-state index contributed by atoms with van der Waals surface area (Å²) in [6.07, 6.45) is 1.97. The number of carboxylic acids is 1. The molecule has 0 aliphatic carbocycles. The van der Waals surface area contributed by atoms with Crippen LogP contribution >= 0.6 is 0 Å². The van der Waals surface area contributed by atoms with Crippen molar-refractivity contribution in [3.05, 3.63) is 29.8 Å². The van der Waals surface area contributed by atoms with Gasteiger partial charge in [0.2, 0.25) is 0 Å². The molecule has 2 heterocycles. The van der Waals surface area contributed by atoms with E-state index < -0.39 is 17.7 Å². The number of nitrogens with zero attached hydrogens (tertiary/aromatic N) is 1. The second-order valence-electron chi connectivity index (χ2n) is 5.46. The van der Waals surface area contributed by atoms with Crippen LogP contribution in [0.15, 0.2) is 24.3 Å². The Morgan fingerprint density at radius 3 is 2.86 bits per heavy atom. The number of rotatable bonds is 2. The number of carbonyl (C=O) groups is 2. The Labute approximate surface area is 122 Å². The van der Waals surface area contributed by atoms with E-state index in [0.717, 1.165) is 12.8 Å². The highest BCUT2D eigenvalue weighted by molar-refractivity contribution is 5.93. The van der Waals surface area contributed by atoms with E-state index in [1.165, 1.54) is 17.0 Å². The Kier molecular flexibility index (Phi) is 3.55. The highest BCUT2D eigenvalue weighted by Crippen LogP contribution is 2.33. The molecule has 1 unspecified atom stereocenters. The zero-order valence-corrected chi connectivity index (χ0v) is 11.6. The van der Waals surface area contributed by atoms with Crippen molar-refractivity contribution in [1.82, 2.24) is 0 Å². The maximum absolute atomic E-state index is 12.3. The third-order valence-corrected chi connectivity index (χ3v) is 4.01. The normalized spacial score (nSPS) is 25.7. The molecule has 1 aromatic rings. The smallest absolute Gasteiger partial charge is 0.414 e. The van der Waals surface area contributed by atoms with E-state index in [4.69, 9.17) is 14.6 Å². The van der Waals surface area contributed by atoms with Crippen molar-refractivity contribution in [1.29, 1.82) is 0 Å². The molecule has 2 fully saturated rings. The Balaban J connectivity index is 1.77. The molecular formula is C15H17NO5. The van der Waals surface area contributed by atoms with E-state index in [-0.39, 0.29) is 5.56 Å². The maximum atomic E-state index is 12.3. The number of carbonyl (C=O) groups excluding carboxylic acids is 1. The van der Waals surface area contributed by atoms with Crippen molar-refractivity contribution >= 4 is 17.7 Å². The molecule has 0 aromatic heterocycles. The SMILES string of the molecule is O=C(O)c1cccc(N2CCC3(CCCOC3)OC2=O)c1. The van der Waals surface area contributed by atoms with E-state index in [1.807, 2.05) is 0 Å². The summed E-state index contributed by atoms with van der Waals surface area (Å²) in [5, 5.41) is 9.02. The van der Waals surface area contributed by atoms with E-state index in [2.05, 4.69) is 0 Å². The largest absolute Gasteiger partial charge is 0.478 e. The van der Waals surface area contributed by atoms with Gasteiger partial charge in [-0.2, -0.15) is 0 Å². The lowest BCUT2D eigenvalue weighted by Crippen LogP contribution is -2.53. The minimum absolute atomic E-state index is 0.154. The third kappa shape index (κ3) is 2.71. The van der Waals surface area contributed by atoms with E-state index in [0.29, 0.717) is 31.9 Å². The van der Waals surface area contributed by atoms with Crippen molar-refractivity contribution in [3.63, 3.8) is 0 Å². The van der Waals surface area contributed by atoms with Gasteiger partial charge in [0.15, 0.2) is 0 Å². The lowest BCUT2D eigenvalue weighted by atomic mass is 9.91. The van der Waals surface area contributed by atoms with Gasteiger partial charge in [0.05, 0.1) is 12.2 Å². The number of carboxylic acid groups (broad SMARTS) is 1. The van der Waals surface area contributed by atoms with Crippen LogP contribution in [-0.2, 0) is 9.47 Å². The number of aromatic carboxylic acids is 1. The quantitative estimate of drug-likeness (QED) is 0.904. The molecule has 0 saturated carbocycles. The molecule has 1 atom stereocenters. The number of amides is 1. The van der Waals surface area contributed by atoms with Gasteiger partial charge < -0.3 is 14.6 Å². The van der Waals surface area contributed by atoms with Crippen LogP contribution in [0.3, 0.4) is 0 Å². The van der Waals surface area contributed by atoms with Crippen LogP contribution in [0.2, 0.25) is 0 Å². The first-order valence-electron chi connectivity index (χ1n) is 7.01. The molecular weight excluding hydrogens is 274 g/mol. The van der Waals surface area contributed by atoms with Crippen LogP contribution in [0.5, 0.6) is 0 Å². The summed E-state index contributed by atoms with van der Waals surface area (Å²) in [4.78, 5) is 24.7. The van der Waals surface area contributed by atoms with Gasteiger partial charge in [0.1, 0.15) is 5.60 Å². The number of benzene rings is 1. The van der Waals surface area contributed by atoms with Crippen molar-refractivity contribution in [2.45, 2.75) is 24.9 Å². The molecule has 1 spiro atoms. The first-order chi connectivity index (χ1) is 10.1. The Morgan fingerprint density at radius 2 is 2.19 bits per heavy atom. The van der Waals surface area contributed by atoms with Crippen LogP contribution in [0, 0.1) is 0 Å². The molecule has 3 rings (SSSR count). The molecule has 1 amide bonds. The molecule has 0 radical (unpaired) electrons. The summed E-state index contributed by atoms with van der Waals surface area (Å²) >= 11 is 0. The van der Waals surface area contributed by atoms with Crippen LogP contribution in [0.4, 0.5) is 10.5 Å². The van der Waals surface area contributed by atoms with Gasteiger partial charge in [-0.3, -0.25) is 4.90 Å². The molecule has 6 nitrogen and oxygen atoms in total. The molecule has 1 aromatic carbocycles. The number of hydrogen-bond acceptors (Lipinski definition) is 4. The average molecular weight is 291 g/mol. The summed E-state index contributed by atoms with van der Waals surface area (Å²) in [5.74, 6) is -1.01. The minimum Gasteiger partial charge on any atom is -0.478 e. The second kappa shape index (κ2) is 5.37. The monoisotopic (exact) mass is 291 g/mol. The van der Waals surface area contributed by atoms with E-state index in [1.54, 1.807) is 12.1 Å². The lowest BCUT2D eigenvalue weighted by molar-refractivity contribution is -0.100. The fraction of sp³-hybridized carbons (Fsp3) is 0.467. The number of ether oxygens (including phenoxy) is 2. The van der Waals surface area contributed by atoms with E-state index in [9.17, 15) is 9.59 Å². The van der Waals surface area contributed by atoms with Crippen molar-refractivity contribution in [2.24, 2.45) is 0 Å². The Morgan fingerprint density at radius 1 is 1.33 bits per heavy atom. The highest BCUT2D eigenvalue weighted by Gasteiger charge is 2.42. The van der Waals surface area contributed by atoms with Gasteiger partial charge in [-0.05, 0) is 31.0 Å².